The molecule has 114 valence electrons. The highest BCUT2D eigenvalue weighted by molar-refractivity contribution is 5.73. The van der Waals surface area contributed by atoms with Crippen molar-refractivity contribution in [3.05, 3.63) is 48.4 Å². The third-order valence-electron chi connectivity index (χ3n) is 4.24. The number of amides is 1. The zero-order valence-corrected chi connectivity index (χ0v) is 12.9. The number of carbonyl (C=O) groups excluding carboxylic acids is 1. The van der Waals surface area contributed by atoms with Crippen molar-refractivity contribution in [1.82, 2.24) is 14.9 Å². The number of nitrogens with zero attached hydrogens (tertiary/aromatic N) is 3. The Hall–Kier alpha value is -2.23. The highest BCUT2D eigenvalue weighted by Crippen LogP contribution is 2.21. The van der Waals surface area contributed by atoms with Crippen molar-refractivity contribution in [2.24, 2.45) is 5.92 Å². The van der Waals surface area contributed by atoms with Crippen LogP contribution < -0.4 is 0 Å². The van der Waals surface area contributed by atoms with Gasteiger partial charge in [-0.25, -0.2) is 0 Å². The smallest absolute Gasteiger partial charge is 0.219 e. The largest absolute Gasteiger partial charge is 0.343 e. The first-order chi connectivity index (χ1) is 10.7. The molecule has 1 aliphatic rings. The number of piperidine rings is 1. The topological polar surface area (TPSA) is 46.1 Å². The minimum atomic E-state index is 0.176. The van der Waals surface area contributed by atoms with Gasteiger partial charge in [-0.2, -0.15) is 0 Å². The van der Waals surface area contributed by atoms with Gasteiger partial charge in [-0.1, -0.05) is 30.3 Å². The lowest BCUT2D eigenvalue weighted by Gasteiger charge is -2.31. The quantitative estimate of drug-likeness (QED) is 0.874. The number of aromatic nitrogens is 2. The predicted octanol–water partition coefficient (Wildman–Crippen LogP) is 2.94. The molecule has 1 amide bonds. The van der Waals surface area contributed by atoms with Crippen molar-refractivity contribution < 1.29 is 4.79 Å². The molecule has 0 N–H and O–H groups in total. The Labute approximate surface area is 131 Å². The first-order valence-electron chi connectivity index (χ1n) is 7.84. The maximum Gasteiger partial charge on any atom is 0.219 e. The predicted molar refractivity (Wildman–Crippen MR) is 86.2 cm³/mol. The number of hydrogen-bond acceptors (Lipinski definition) is 3. The summed E-state index contributed by atoms with van der Waals surface area (Å²) in [4.78, 5) is 22.5. The molecule has 1 atom stereocenters. The van der Waals surface area contributed by atoms with Crippen molar-refractivity contribution in [2.75, 3.05) is 13.1 Å². The fourth-order valence-electron chi connectivity index (χ4n) is 3.03. The fraction of sp³-hybridized carbons (Fsp3) is 0.389. The van der Waals surface area contributed by atoms with Crippen LogP contribution in [-0.2, 0) is 11.2 Å². The monoisotopic (exact) mass is 295 g/mol. The first kappa shape index (κ1) is 14.7. The average Bonchev–Trinajstić information content (AvgIpc) is 2.56. The van der Waals surface area contributed by atoms with Crippen molar-refractivity contribution in [3.8, 4) is 11.3 Å². The summed E-state index contributed by atoms with van der Waals surface area (Å²) >= 11 is 0. The Morgan fingerprint density at radius 2 is 2.05 bits per heavy atom. The van der Waals surface area contributed by atoms with E-state index in [0.29, 0.717) is 5.92 Å². The average molecular weight is 295 g/mol. The van der Waals surface area contributed by atoms with Crippen LogP contribution in [-0.4, -0.2) is 33.9 Å². The van der Waals surface area contributed by atoms with Crippen LogP contribution in [0.4, 0.5) is 0 Å². The van der Waals surface area contributed by atoms with E-state index in [4.69, 9.17) is 0 Å². The highest BCUT2D eigenvalue weighted by atomic mass is 16.2. The SMILES string of the molecule is CC(=O)N1CCCC(Cc2cnc(-c3ccccc3)cn2)C1. The summed E-state index contributed by atoms with van der Waals surface area (Å²) in [5, 5.41) is 0. The number of rotatable bonds is 3. The van der Waals surface area contributed by atoms with Gasteiger partial charge in [0.25, 0.3) is 0 Å². The zero-order valence-electron chi connectivity index (χ0n) is 12.9. The van der Waals surface area contributed by atoms with Gasteiger partial charge in [-0.3, -0.25) is 14.8 Å². The van der Waals surface area contributed by atoms with Crippen LogP contribution in [0.3, 0.4) is 0 Å². The van der Waals surface area contributed by atoms with E-state index in [-0.39, 0.29) is 5.91 Å². The van der Waals surface area contributed by atoms with Crippen LogP contribution in [0.15, 0.2) is 42.7 Å². The lowest BCUT2D eigenvalue weighted by atomic mass is 9.93. The first-order valence-corrected chi connectivity index (χ1v) is 7.84. The van der Waals surface area contributed by atoms with Crippen molar-refractivity contribution in [3.63, 3.8) is 0 Å². The van der Waals surface area contributed by atoms with Crippen LogP contribution in [0.1, 0.15) is 25.5 Å². The van der Waals surface area contributed by atoms with Crippen LogP contribution in [0, 0.1) is 5.92 Å². The van der Waals surface area contributed by atoms with E-state index in [1.54, 1.807) is 6.92 Å². The van der Waals surface area contributed by atoms with Gasteiger partial charge in [0.1, 0.15) is 0 Å². The number of likely N-dealkylation sites (tertiary alicyclic amines) is 1. The van der Waals surface area contributed by atoms with Gasteiger partial charge in [-0.05, 0) is 25.2 Å². The summed E-state index contributed by atoms with van der Waals surface area (Å²) in [5.74, 6) is 0.671. The van der Waals surface area contributed by atoms with Gasteiger partial charge in [-0.15, -0.1) is 0 Å². The molecule has 0 bridgehead atoms. The second-order valence-corrected chi connectivity index (χ2v) is 5.94. The van der Waals surface area contributed by atoms with Crippen molar-refractivity contribution in [1.29, 1.82) is 0 Å². The Bertz CT molecular complexity index is 625. The summed E-state index contributed by atoms with van der Waals surface area (Å²) < 4.78 is 0. The standard InChI is InChI=1S/C18H21N3O/c1-14(22)21-9-5-6-15(13-21)10-17-11-20-18(12-19-17)16-7-3-2-4-8-16/h2-4,7-8,11-12,15H,5-6,9-10,13H2,1H3. The van der Waals surface area contributed by atoms with Crippen molar-refractivity contribution in [2.45, 2.75) is 26.2 Å². The molecule has 2 aromatic rings. The minimum Gasteiger partial charge on any atom is -0.343 e. The van der Waals surface area contributed by atoms with Gasteiger partial charge >= 0.3 is 0 Å². The molecule has 1 aromatic heterocycles. The summed E-state index contributed by atoms with van der Waals surface area (Å²) in [6.45, 7) is 3.39. The zero-order chi connectivity index (χ0) is 15.4. The Kier molecular flexibility index (Phi) is 4.47. The highest BCUT2D eigenvalue weighted by Gasteiger charge is 2.22. The molecular formula is C18H21N3O. The fourth-order valence-corrected chi connectivity index (χ4v) is 3.03. The minimum absolute atomic E-state index is 0.176. The number of hydrogen-bond donors (Lipinski definition) is 0. The lowest BCUT2D eigenvalue weighted by Crippen LogP contribution is -2.39. The normalized spacial score (nSPS) is 18.2. The summed E-state index contributed by atoms with van der Waals surface area (Å²) in [7, 11) is 0. The molecule has 3 rings (SSSR count). The number of carbonyl (C=O) groups is 1. The molecule has 1 saturated heterocycles. The maximum atomic E-state index is 11.5. The second-order valence-electron chi connectivity index (χ2n) is 5.94. The van der Waals surface area contributed by atoms with E-state index < -0.39 is 0 Å². The molecule has 22 heavy (non-hydrogen) atoms. The summed E-state index contributed by atoms with van der Waals surface area (Å²) in [6, 6.07) is 10.1. The van der Waals surface area contributed by atoms with Crippen LogP contribution >= 0.6 is 0 Å². The maximum absolute atomic E-state index is 11.5. The summed E-state index contributed by atoms with van der Waals surface area (Å²) in [6.07, 6.45) is 6.85. The molecule has 0 saturated carbocycles. The summed E-state index contributed by atoms with van der Waals surface area (Å²) in [5.41, 5.74) is 3.00. The van der Waals surface area contributed by atoms with E-state index in [2.05, 4.69) is 9.97 Å². The van der Waals surface area contributed by atoms with E-state index in [9.17, 15) is 4.79 Å². The van der Waals surface area contributed by atoms with E-state index in [1.807, 2.05) is 47.6 Å². The molecule has 0 radical (unpaired) electrons. The van der Waals surface area contributed by atoms with E-state index in [0.717, 1.165) is 49.3 Å². The molecule has 4 nitrogen and oxygen atoms in total. The lowest BCUT2D eigenvalue weighted by molar-refractivity contribution is -0.130. The van der Waals surface area contributed by atoms with E-state index >= 15 is 0 Å². The van der Waals surface area contributed by atoms with Crippen LogP contribution in [0.5, 0.6) is 0 Å². The molecule has 1 fully saturated rings. The molecule has 2 heterocycles. The molecule has 0 spiro atoms. The third-order valence-corrected chi connectivity index (χ3v) is 4.24. The molecule has 0 aliphatic carbocycles. The molecule has 4 heteroatoms. The third kappa shape index (κ3) is 3.50. The Morgan fingerprint density at radius 3 is 2.73 bits per heavy atom. The van der Waals surface area contributed by atoms with Crippen LogP contribution in [0.25, 0.3) is 11.3 Å². The van der Waals surface area contributed by atoms with Gasteiger partial charge in [0.05, 0.1) is 17.6 Å². The van der Waals surface area contributed by atoms with Gasteiger partial charge < -0.3 is 4.90 Å². The molecule has 1 aliphatic heterocycles. The molecule has 1 aromatic carbocycles. The van der Waals surface area contributed by atoms with E-state index in [1.165, 1.54) is 0 Å². The Morgan fingerprint density at radius 1 is 1.23 bits per heavy atom. The Balaban J connectivity index is 1.65. The van der Waals surface area contributed by atoms with Crippen LogP contribution in [0.2, 0.25) is 0 Å². The second kappa shape index (κ2) is 6.69. The number of benzene rings is 1. The van der Waals surface area contributed by atoms with Gasteiger partial charge in [0.2, 0.25) is 5.91 Å². The van der Waals surface area contributed by atoms with Crippen molar-refractivity contribution >= 4 is 5.91 Å². The van der Waals surface area contributed by atoms with Gasteiger partial charge in [0.15, 0.2) is 0 Å². The van der Waals surface area contributed by atoms with Gasteiger partial charge in [0, 0.05) is 31.8 Å². The molecular weight excluding hydrogens is 274 g/mol. The molecule has 1 unspecified atom stereocenters.